The second-order valence-corrected chi connectivity index (χ2v) is 5.00. The van der Waals surface area contributed by atoms with Gasteiger partial charge in [0.15, 0.2) is 0 Å². The molecule has 5 heteroatoms. The number of hydrogen-bond donors (Lipinski definition) is 1. The molecule has 2 amide bonds. The van der Waals surface area contributed by atoms with Crippen LogP contribution in [0, 0.1) is 0 Å². The zero-order valence-corrected chi connectivity index (χ0v) is 10.1. The molecule has 1 saturated heterocycles. The molecule has 16 heavy (non-hydrogen) atoms. The first kappa shape index (κ1) is 12.8. The fourth-order valence-electron chi connectivity index (χ4n) is 1.59. The van der Waals surface area contributed by atoms with E-state index in [-0.39, 0.29) is 12.1 Å². The second-order valence-electron chi connectivity index (χ2n) is 5.00. The van der Waals surface area contributed by atoms with Crippen molar-refractivity contribution in [3.05, 3.63) is 0 Å². The highest BCUT2D eigenvalue weighted by Crippen LogP contribution is 2.11. The fraction of sp³-hybridized carbons (Fsp3) is 0.818. The third kappa shape index (κ3) is 4.51. The van der Waals surface area contributed by atoms with Gasteiger partial charge in [-0.25, -0.2) is 4.79 Å². The third-order valence-electron chi connectivity index (χ3n) is 2.34. The van der Waals surface area contributed by atoms with E-state index in [1.165, 1.54) is 0 Å². The zero-order valence-electron chi connectivity index (χ0n) is 10.1. The molecular weight excluding hydrogens is 208 g/mol. The van der Waals surface area contributed by atoms with Gasteiger partial charge in [0.2, 0.25) is 0 Å². The van der Waals surface area contributed by atoms with Gasteiger partial charge in [-0.2, -0.15) is 0 Å². The number of carbonyl (C=O) groups excluding carboxylic acids is 2. The van der Waals surface area contributed by atoms with Crippen LogP contribution >= 0.6 is 0 Å². The molecule has 1 aliphatic rings. The lowest BCUT2D eigenvalue weighted by Gasteiger charge is -2.30. The zero-order chi connectivity index (χ0) is 12.2. The first-order valence-corrected chi connectivity index (χ1v) is 5.53. The van der Waals surface area contributed by atoms with Gasteiger partial charge in [0, 0.05) is 19.1 Å². The van der Waals surface area contributed by atoms with Crippen molar-refractivity contribution in [2.75, 3.05) is 13.1 Å². The normalized spacial score (nSPS) is 18.1. The minimum Gasteiger partial charge on any atom is -0.444 e. The summed E-state index contributed by atoms with van der Waals surface area (Å²) < 4.78 is 5.15. The van der Waals surface area contributed by atoms with Crippen LogP contribution in [0.15, 0.2) is 0 Å². The summed E-state index contributed by atoms with van der Waals surface area (Å²) in [6.45, 7) is 6.78. The van der Waals surface area contributed by atoms with Crippen LogP contribution in [0.5, 0.6) is 0 Å². The van der Waals surface area contributed by atoms with Crippen molar-refractivity contribution in [1.29, 1.82) is 0 Å². The van der Waals surface area contributed by atoms with Crippen LogP contribution in [0.1, 0.15) is 33.6 Å². The van der Waals surface area contributed by atoms with Crippen molar-refractivity contribution in [1.82, 2.24) is 10.2 Å². The van der Waals surface area contributed by atoms with Gasteiger partial charge < -0.3 is 15.0 Å². The minimum absolute atomic E-state index is 0.0967. The van der Waals surface area contributed by atoms with Crippen LogP contribution in [0.4, 0.5) is 4.79 Å². The summed E-state index contributed by atoms with van der Waals surface area (Å²) in [7, 11) is 0. The number of alkyl carbamates (subject to hydrolysis) is 1. The number of carbonyl (C=O) groups is 1. The minimum atomic E-state index is -0.471. The maximum Gasteiger partial charge on any atom is 0.407 e. The Morgan fingerprint density at radius 1 is 1.38 bits per heavy atom. The van der Waals surface area contributed by atoms with Crippen LogP contribution in [-0.2, 0) is 9.53 Å². The summed E-state index contributed by atoms with van der Waals surface area (Å²) >= 11 is 0. The molecular formula is C11H19N2O3. The second kappa shape index (κ2) is 5.18. The highest BCUT2D eigenvalue weighted by atomic mass is 16.6. The summed E-state index contributed by atoms with van der Waals surface area (Å²) in [5.41, 5.74) is -0.471. The molecule has 0 aliphatic carbocycles. The maximum atomic E-state index is 11.5. The molecule has 1 fully saturated rings. The van der Waals surface area contributed by atoms with Crippen molar-refractivity contribution in [3.63, 3.8) is 0 Å². The van der Waals surface area contributed by atoms with Crippen LogP contribution in [0.25, 0.3) is 0 Å². The Kier molecular flexibility index (Phi) is 4.15. The van der Waals surface area contributed by atoms with Gasteiger partial charge in [-0.15, -0.1) is 0 Å². The Morgan fingerprint density at radius 3 is 2.38 bits per heavy atom. The molecule has 1 rings (SSSR count). The molecule has 1 aliphatic heterocycles. The highest BCUT2D eigenvalue weighted by molar-refractivity contribution is 5.68. The van der Waals surface area contributed by atoms with Crippen molar-refractivity contribution >= 4 is 12.5 Å². The van der Waals surface area contributed by atoms with Gasteiger partial charge in [0.05, 0.1) is 0 Å². The molecule has 1 N–H and O–H groups in total. The first-order chi connectivity index (χ1) is 7.40. The quantitative estimate of drug-likeness (QED) is 0.767. The highest BCUT2D eigenvalue weighted by Gasteiger charge is 2.22. The summed E-state index contributed by atoms with van der Waals surface area (Å²) in [4.78, 5) is 23.4. The van der Waals surface area contributed by atoms with Crippen LogP contribution in [-0.4, -0.2) is 42.1 Å². The maximum absolute atomic E-state index is 11.5. The average Bonchev–Trinajstić information content (AvgIpc) is 2.16. The van der Waals surface area contributed by atoms with E-state index in [1.54, 1.807) is 4.90 Å². The number of nitrogens with zero attached hydrogens (tertiary/aromatic N) is 1. The van der Waals surface area contributed by atoms with Crippen LogP contribution in [0.2, 0.25) is 0 Å². The average molecular weight is 227 g/mol. The first-order valence-electron chi connectivity index (χ1n) is 5.53. The third-order valence-corrected chi connectivity index (χ3v) is 2.34. The Labute approximate surface area is 96.1 Å². The molecule has 0 bridgehead atoms. The Hall–Kier alpha value is -1.26. The molecule has 0 aromatic rings. The van der Waals surface area contributed by atoms with Crippen LogP contribution in [0.3, 0.4) is 0 Å². The van der Waals surface area contributed by atoms with E-state index < -0.39 is 5.60 Å². The molecule has 1 radical (unpaired) electrons. The number of ether oxygens (including phenoxy) is 1. The Bertz CT molecular complexity index is 252. The molecule has 0 atom stereocenters. The van der Waals surface area contributed by atoms with Crippen molar-refractivity contribution < 1.29 is 14.3 Å². The lowest BCUT2D eigenvalue weighted by molar-refractivity contribution is 0.0488. The number of hydrogen-bond acceptors (Lipinski definition) is 3. The van der Waals surface area contributed by atoms with E-state index in [0.29, 0.717) is 13.1 Å². The van der Waals surface area contributed by atoms with Gasteiger partial charge in [0.25, 0.3) is 0 Å². The summed E-state index contributed by atoms with van der Waals surface area (Å²) in [6, 6.07) is 0.0967. The van der Waals surface area contributed by atoms with Crippen molar-refractivity contribution in [2.45, 2.75) is 45.3 Å². The van der Waals surface area contributed by atoms with Gasteiger partial charge in [-0.3, -0.25) is 4.79 Å². The van der Waals surface area contributed by atoms with Crippen LogP contribution < -0.4 is 5.32 Å². The van der Waals surface area contributed by atoms with Crippen molar-refractivity contribution in [2.24, 2.45) is 0 Å². The van der Waals surface area contributed by atoms with Crippen molar-refractivity contribution in [3.8, 4) is 0 Å². The SMILES string of the molecule is CC(C)(C)OC(=O)NC1CCN([C]=O)CC1. The topological polar surface area (TPSA) is 58.6 Å². The molecule has 91 valence electrons. The number of nitrogens with one attached hydrogen (secondary N) is 1. The van der Waals surface area contributed by atoms with E-state index in [1.807, 2.05) is 27.2 Å². The lowest BCUT2D eigenvalue weighted by Crippen LogP contribution is -2.45. The lowest BCUT2D eigenvalue weighted by atomic mass is 10.1. The summed E-state index contributed by atoms with van der Waals surface area (Å²) in [5.74, 6) is 0. The van der Waals surface area contributed by atoms with E-state index in [4.69, 9.17) is 4.74 Å². The van der Waals surface area contributed by atoms with Gasteiger partial charge in [0.1, 0.15) is 5.60 Å². The Morgan fingerprint density at radius 2 is 1.94 bits per heavy atom. The van der Waals surface area contributed by atoms with E-state index in [0.717, 1.165) is 12.8 Å². The predicted molar refractivity (Wildman–Crippen MR) is 59.7 cm³/mol. The van der Waals surface area contributed by atoms with Gasteiger partial charge >= 0.3 is 12.5 Å². The number of likely N-dealkylation sites (tertiary alicyclic amines) is 1. The molecule has 5 nitrogen and oxygen atoms in total. The summed E-state index contributed by atoms with van der Waals surface area (Å²) in [6.07, 6.45) is 2.98. The molecule has 1 heterocycles. The van der Waals surface area contributed by atoms with Gasteiger partial charge in [-0.1, -0.05) is 0 Å². The Balaban J connectivity index is 2.28. The monoisotopic (exact) mass is 227 g/mol. The standard InChI is InChI=1S/C11H19N2O3/c1-11(2,3)16-10(15)12-9-4-6-13(8-14)7-5-9/h9H,4-7H2,1-3H3,(H,12,15). The number of piperidine rings is 1. The molecule has 0 aromatic heterocycles. The smallest absolute Gasteiger partial charge is 0.407 e. The molecule has 0 saturated carbocycles. The van der Waals surface area contributed by atoms with Gasteiger partial charge in [-0.05, 0) is 33.6 Å². The molecule has 0 aromatic carbocycles. The van der Waals surface area contributed by atoms with E-state index >= 15 is 0 Å². The van der Waals surface area contributed by atoms with E-state index in [9.17, 15) is 9.59 Å². The molecule has 0 unspecified atom stereocenters. The number of rotatable bonds is 2. The summed E-state index contributed by atoms with van der Waals surface area (Å²) in [5, 5.41) is 2.80. The number of amides is 2. The largest absolute Gasteiger partial charge is 0.444 e. The van der Waals surface area contributed by atoms with E-state index in [2.05, 4.69) is 5.32 Å². The molecule has 0 spiro atoms. The predicted octanol–water partition coefficient (Wildman–Crippen LogP) is 1.04. The fourth-order valence-corrected chi connectivity index (χ4v) is 1.59.